The number of Topliss-reactive ketones (excluding diaryl/α,β-unsaturated/α-hetero) is 1. The molecule has 158 valence electrons. The third-order valence-electron chi connectivity index (χ3n) is 5.19. The summed E-state index contributed by atoms with van der Waals surface area (Å²) in [4.78, 5) is 21.1. The van der Waals surface area contributed by atoms with E-state index in [4.69, 9.17) is 9.72 Å². The van der Waals surface area contributed by atoms with E-state index in [0.29, 0.717) is 10.5 Å². The van der Waals surface area contributed by atoms with E-state index in [2.05, 4.69) is 17.4 Å². The van der Waals surface area contributed by atoms with Crippen LogP contribution in [0.25, 0.3) is 16.3 Å². The summed E-state index contributed by atoms with van der Waals surface area (Å²) in [7, 11) is 1.62. The second-order valence-electron chi connectivity index (χ2n) is 7.28. The van der Waals surface area contributed by atoms with Gasteiger partial charge in [0, 0.05) is 16.0 Å². The maximum Gasteiger partial charge on any atom is 0.201 e. The first-order valence-electron chi connectivity index (χ1n) is 10.1. The fraction of sp³-hybridized carbons (Fsp3) is 0.0769. The van der Waals surface area contributed by atoms with Crippen molar-refractivity contribution >= 4 is 40.3 Å². The van der Waals surface area contributed by atoms with Crippen molar-refractivity contribution < 1.29 is 9.53 Å². The number of ketones is 1. The molecule has 0 spiro atoms. The minimum Gasteiger partial charge on any atom is -0.497 e. The first-order valence-corrected chi connectivity index (χ1v) is 11.8. The first-order chi connectivity index (χ1) is 15.6. The van der Waals surface area contributed by atoms with Crippen LogP contribution < -0.4 is 10.1 Å². The monoisotopic (exact) mass is 456 g/mol. The maximum atomic E-state index is 13.6. The number of rotatable bonds is 5. The summed E-state index contributed by atoms with van der Waals surface area (Å²) >= 11 is 3.10. The summed E-state index contributed by atoms with van der Waals surface area (Å²) < 4.78 is 5.24. The summed E-state index contributed by atoms with van der Waals surface area (Å²) in [5, 5.41) is 4.46. The number of benzene rings is 3. The van der Waals surface area contributed by atoms with Gasteiger partial charge in [0.2, 0.25) is 5.78 Å². The summed E-state index contributed by atoms with van der Waals surface area (Å²) in [6.07, 6.45) is 0. The lowest BCUT2D eigenvalue weighted by Gasteiger charge is -2.23. The van der Waals surface area contributed by atoms with Crippen molar-refractivity contribution in [1.29, 1.82) is 0 Å². The van der Waals surface area contributed by atoms with Crippen molar-refractivity contribution in [2.75, 3.05) is 12.4 Å². The van der Waals surface area contributed by atoms with Crippen LogP contribution in [0.4, 0.5) is 5.69 Å². The van der Waals surface area contributed by atoms with Crippen LogP contribution in [-0.2, 0) is 0 Å². The van der Waals surface area contributed by atoms with Gasteiger partial charge in [-0.05, 0) is 43.3 Å². The third kappa shape index (κ3) is 3.83. The topological polar surface area (TPSA) is 51.2 Å². The molecule has 1 N–H and O–H groups in total. The number of nitrogens with zero attached hydrogens (tertiary/aromatic N) is 1. The van der Waals surface area contributed by atoms with Gasteiger partial charge in [-0.2, -0.15) is 0 Å². The summed E-state index contributed by atoms with van der Waals surface area (Å²) in [5.74, 6) is 0.699. The van der Waals surface area contributed by atoms with E-state index < -0.39 is 0 Å². The molecule has 4 nitrogen and oxygen atoms in total. The van der Waals surface area contributed by atoms with Crippen LogP contribution in [0.1, 0.15) is 20.9 Å². The van der Waals surface area contributed by atoms with Crippen LogP contribution in [-0.4, -0.2) is 17.9 Å². The van der Waals surface area contributed by atoms with Crippen molar-refractivity contribution in [3.8, 4) is 16.3 Å². The van der Waals surface area contributed by atoms with Gasteiger partial charge < -0.3 is 10.1 Å². The number of aromatic nitrogens is 1. The lowest BCUT2D eigenvalue weighted by atomic mass is 10.1. The number of carbonyl (C=O) groups is 1. The second-order valence-corrected chi connectivity index (χ2v) is 9.34. The number of carbonyl (C=O) groups excluding carboxylic acids is 1. The van der Waals surface area contributed by atoms with E-state index in [9.17, 15) is 4.79 Å². The zero-order valence-electron chi connectivity index (χ0n) is 17.6. The van der Waals surface area contributed by atoms with Gasteiger partial charge in [0.25, 0.3) is 0 Å². The largest absolute Gasteiger partial charge is 0.497 e. The molecule has 5 rings (SSSR count). The number of nitrogens with one attached hydrogen (secondary N) is 1. The smallest absolute Gasteiger partial charge is 0.201 e. The highest BCUT2D eigenvalue weighted by Gasteiger charge is 2.28. The van der Waals surface area contributed by atoms with Crippen molar-refractivity contribution in [2.24, 2.45) is 0 Å². The standard InChI is InChI=1S/C26H20N2O2S2/c1-16-24(32-26(27-16)18-8-4-3-5-9-18)22-25(31-21-11-7-6-10-20(21)28-22)23(29)17-12-14-19(30-2)15-13-17/h3-15,28H,1-2H3. The van der Waals surface area contributed by atoms with Gasteiger partial charge in [-0.15, -0.1) is 11.3 Å². The summed E-state index contributed by atoms with van der Waals surface area (Å²) in [5.41, 5.74) is 4.40. The highest BCUT2D eigenvalue weighted by atomic mass is 32.2. The van der Waals surface area contributed by atoms with Crippen molar-refractivity contribution in [3.63, 3.8) is 0 Å². The van der Waals surface area contributed by atoms with Gasteiger partial charge in [0.1, 0.15) is 10.8 Å². The molecular formula is C26H20N2O2S2. The minimum atomic E-state index is -0.0243. The molecule has 0 aliphatic carbocycles. The van der Waals surface area contributed by atoms with Gasteiger partial charge in [0.15, 0.2) is 0 Å². The molecule has 0 radical (unpaired) electrons. The Morgan fingerprint density at radius 2 is 1.66 bits per heavy atom. The Morgan fingerprint density at radius 1 is 0.938 bits per heavy atom. The number of hydrogen-bond donors (Lipinski definition) is 1. The molecule has 0 amide bonds. The fourth-order valence-electron chi connectivity index (χ4n) is 3.54. The molecule has 0 bridgehead atoms. The van der Waals surface area contributed by atoms with Crippen molar-refractivity contribution in [2.45, 2.75) is 11.8 Å². The molecule has 0 unspecified atom stereocenters. The average Bonchev–Trinajstić information content (AvgIpc) is 3.24. The number of anilines is 1. The number of thiazole rings is 1. The lowest BCUT2D eigenvalue weighted by molar-refractivity contribution is 0.104. The van der Waals surface area contributed by atoms with Gasteiger partial charge in [0.05, 0.1) is 34.0 Å². The molecule has 0 atom stereocenters. The Balaban J connectivity index is 1.62. The van der Waals surface area contributed by atoms with Gasteiger partial charge >= 0.3 is 0 Å². The van der Waals surface area contributed by atoms with Crippen LogP contribution in [0.15, 0.2) is 88.7 Å². The first kappa shape index (κ1) is 20.5. The van der Waals surface area contributed by atoms with E-state index >= 15 is 0 Å². The molecular weight excluding hydrogens is 436 g/mol. The number of aryl methyl sites for hydroxylation is 1. The normalized spacial score (nSPS) is 12.8. The van der Waals surface area contributed by atoms with E-state index in [-0.39, 0.29) is 5.78 Å². The van der Waals surface area contributed by atoms with Gasteiger partial charge in [-0.25, -0.2) is 4.98 Å². The van der Waals surface area contributed by atoms with Crippen LogP contribution in [0.3, 0.4) is 0 Å². The molecule has 1 aliphatic heterocycles. The number of allylic oxidation sites excluding steroid dienone is 1. The number of fused-ring (bicyclic) bond motifs is 1. The average molecular weight is 457 g/mol. The quantitative estimate of drug-likeness (QED) is 0.331. The number of hydrogen-bond acceptors (Lipinski definition) is 6. The third-order valence-corrected chi connectivity index (χ3v) is 7.58. The maximum absolute atomic E-state index is 13.6. The molecule has 3 aromatic carbocycles. The van der Waals surface area contributed by atoms with Crippen LogP contribution in [0.5, 0.6) is 5.75 Å². The zero-order chi connectivity index (χ0) is 22.1. The molecule has 32 heavy (non-hydrogen) atoms. The van der Waals surface area contributed by atoms with Crippen LogP contribution in [0, 0.1) is 6.92 Å². The number of para-hydroxylation sites is 1. The molecule has 1 aliphatic rings. The predicted molar refractivity (Wildman–Crippen MR) is 132 cm³/mol. The van der Waals surface area contributed by atoms with Crippen LogP contribution >= 0.6 is 23.1 Å². The zero-order valence-corrected chi connectivity index (χ0v) is 19.2. The van der Waals surface area contributed by atoms with E-state index in [1.807, 2.05) is 73.7 Å². The Hall–Kier alpha value is -3.35. The molecule has 0 saturated carbocycles. The van der Waals surface area contributed by atoms with Gasteiger partial charge in [-0.1, -0.05) is 54.2 Å². The van der Waals surface area contributed by atoms with E-state index in [1.54, 1.807) is 18.4 Å². The number of ether oxygens (including phenoxy) is 1. The number of thioether (sulfide) groups is 1. The Morgan fingerprint density at radius 3 is 2.41 bits per heavy atom. The minimum absolute atomic E-state index is 0.0243. The predicted octanol–water partition coefficient (Wildman–Crippen LogP) is 6.90. The van der Waals surface area contributed by atoms with E-state index in [1.165, 1.54) is 11.8 Å². The molecule has 0 fully saturated rings. The Kier molecular flexibility index (Phi) is 5.55. The van der Waals surface area contributed by atoms with Crippen molar-refractivity contribution in [1.82, 2.24) is 4.98 Å². The lowest BCUT2D eigenvalue weighted by Crippen LogP contribution is -2.13. The molecule has 4 aromatic rings. The molecule has 0 saturated heterocycles. The van der Waals surface area contributed by atoms with Gasteiger partial charge in [-0.3, -0.25) is 4.79 Å². The number of methoxy groups -OCH3 is 1. The van der Waals surface area contributed by atoms with Crippen molar-refractivity contribution in [3.05, 3.63) is 99.9 Å². The fourth-order valence-corrected chi connectivity index (χ4v) is 5.74. The SMILES string of the molecule is COc1ccc(C(=O)C2=C(c3sc(-c4ccccc4)nc3C)Nc3ccccc3S2)cc1. The molecule has 2 heterocycles. The summed E-state index contributed by atoms with van der Waals surface area (Å²) in [6, 6.07) is 25.4. The summed E-state index contributed by atoms with van der Waals surface area (Å²) in [6.45, 7) is 1.99. The highest BCUT2D eigenvalue weighted by Crippen LogP contribution is 2.46. The van der Waals surface area contributed by atoms with E-state index in [0.717, 1.165) is 43.2 Å². The highest BCUT2D eigenvalue weighted by molar-refractivity contribution is 8.04. The molecule has 6 heteroatoms. The van der Waals surface area contributed by atoms with Crippen LogP contribution in [0.2, 0.25) is 0 Å². The second kappa shape index (κ2) is 8.65. The Bertz CT molecular complexity index is 1330. The Labute approximate surface area is 195 Å². The molecule has 1 aromatic heterocycles.